The lowest BCUT2D eigenvalue weighted by atomic mass is 9.95. The second-order valence-electron chi connectivity index (χ2n) is 6.93. The Morgan fingerprint density at radius 1 is 0.786 bits per heavy atom. The predicted octanol–water partition coefficient (Wildman–Crippen LogP) is 6.85. The first kappa shape index (κ1) is 17.2. The molecule has 3 aromatic carbocycles. The average molecular weight is 428 g/mol. The summed E-state index contributed by atoms with van der Waals surface area (Å²) < 4.78 is 7.40. The molecule has 3 heteroatoms. The van der Waals surface area contributed by atoms with Crippen LogP contribution in [0, 0.1) is 0 Å². The summed E-state index contributed by atoms with van der Waals surface area (Å²) in [5.41, 5.74) is 6.77. The van der Waals surface area contributed by atoms with E-state index in [1.54, 1.807) is 0 Å². The van der Waals surface area contributed by atoms with Crippen LogP contribution in [0.15, 0.2) is 95.5 Å². The Morgan fingerprint density at radius 3 is 2.11 bits per heavy atom. The van der Waals surface area contributed by atoms with Gasteiger partial charge >= 0.3 is 0 Å². The fourth-order valence-corrected chi connectivity index (χ4v) is 3.96. The second kappa shape index (κ2) is 7.25. The van der Waals surface area contributed by atoms with Gasteiger partial charge in [-0.3, -0.25) is 0 Å². The zero-order valence-electron chi connectivity index (χ0n) is 15.2. The smallest absolute Gasteiger partial charge is 0.218 e. The number of ether oxygens (including phenoxy) is 1. The van der Waals surface area contributed by atoms with E-state index >= 15 is 0 Å². The largest absolute Gasteiger partial charge is 0.469 e. The number of fused-ring (bicyclic) bond motifs is 1. The van der Waals surface area contributed by atoms with E-state index in [1.165, 1.54) is 22.3 Å². The lowest BCUT2D eigenvalue weighted by molar-refractivity contribution is 0.231. The van der Waals surface area contributed by atoms with Gasteiger partial charge in [-0.1, -0.05) is 88.7 Å². The van der Waals surface area contributed by atoms with Crippen LogP contribution in [-0.2, 0) is 6.42 Å². The molecule has 0 bridgehead atoms. The first-order chi connectivity index (χ1) is 13.8. The van der Waals surface area contributed by atoms with Crippen molar-refractivity contribution >= 4 is 15.9 Å². The molecule has 2 nitrogen and oxygen atoms in total. The van der Waals surface area contributed by atoms with E-state index in [1.807, 2.05) is 24.3 Å². The molecule has 0 N–H and O–H groups in total. The third kappa shape index (κ3) is 3.23. The maximum atomic E-state index is 6.33. The highest BCUT2D eigenvalue weighted by Crippen LogP contribution is 2.42. The Kier molecular flexibility index (Phi) is 4.46. The average Bonchev–Trinajstić information content (AvgIpc) is 3.19. The summed E-state index contributed by atoms with van der Waals surface area (Å²) in [4.78, 5) is 4.87. The number of hydrogen-bond acceptors (Lipinski definition) is 2. The molecule has 1 atom stereocenters. The van der Waals surface area contributed by atoms with Crippen molar-refractivity contribution < 1.29 is 4.74 Å². The van der Waals surface area contributed by atoms with Crippen molar-refractivity contribution in [3.05, 3.63) is 107 Å². The second-order valence-corrected chi connectivity index (χ2v) is 7.85. The minimum absolute atomic E-state index is 0.0101. The van der Waals surface area contributed by atoms with Gasteiger partial charge in [-0.2, -0.15) is 0 Å². The maximum absolute atomic E-state index is 6.33. The van der Waals surface area contributed by atoms with Crippen LogP contribution in [0.2, 0.25) is 0 Å². The Bertz CT molecular complexity index is 1110. The highest BCUT2D eigenvalue weighted by atomic mass is 79.9. The Morgan fingerprint density at radius 2 is 1.43 bits per heavy atom. The van der Waals surface area contributed by atoms with Crippen molar-refractivity contribution in [1.29, 1.82) is 0 Å². The number of rotatable bonds is 3. The topological polar surface area (TPSA) is 22.1 Å². The van der Waals surface area contributed by atoms with Crippen molar-refractivity contribution in [2.75, 3.05) is 0 Å². The fraction of sp³-hybridized carbons (Fsp3) is 0.0800. The zero-order chi connectivity index (χ0) is 18.9. The lowest BCUT2D eigenvalue weighted by Gasteiger charge is -2.11. The highest BCUT2D eigenvalue weighted by Gasteiger charge is 2.29. The predicted molar refractivity (Wildman–Crippen MR) is 116 cm³/mol. The molecule has 0 aliphatic carbocycles. The molecule has 0 spiro atoms. The number of pyridine rings is 1. The molecule has 0 saturated carbocycles. The van der Waals surface area contributed by atoms with Gasteiger partial charge in [0.25, 0.3) is 0 Å². The molecule has 0 amide bonds. The first-order valence-electron chi connectivity index (χ1n) is 9.35. The molecular weight excluding hydrogens is 410 g/mol. The van der Waals surface area contributed by atoms with Gasteiger partial charge in [0.05, 0.1) is 5.69 Å². The van der Waals surface area contributed by atoms with Crippen LogP contribution in [-0.4, -0.2) is 4.98 Å². The standard InChI is InChI=1S/C25H18BrNO/c26-20-13-11-19(12-14-20)24-16-22-21(17-7-3-1-4-8-17)15-23(27-25(22)28-24)18-9-5-2-6-10-18/h1-15,24H,16H2. The van der Waals surface area contributed by atoms with Gasteiger partial charge in [0.1, 0.15) is 6.10 Å². The number of benzene rings is 3. The van der Waals surface area contributed by atoms with Gasteiger partial charge in [-0.15, -0.1) is 0 Å². The van der Waals surface area contributed by atoms with Crippen LogP contribution >= 0.6 is 15.9 Å². The quantitative estimate of drug-likeness (QED) is 0.356. The van der Waals surface area contributed by atoms with Crippen LogP contribution in [0.5, 0.6) is 5.88 Å². The summed E-state index contributed by atoms with van der Waals surface area (Å²) in [5.74, 6) is 0.744. The Balaban J connectivity index is 1.62. The normalized spacial score (nSPS) is 15.1. The van der Waals surface area contributed by atoms with Crippen molar-refractivity contribution in [1.82, 2.24) is 4.98 Å². The molecule has 1 aliphatic heterocycles. The molecule has 1 aliphatic rings. The van der Waals surface area contributed by atoms with Crippen LogP contribution in [0.4, 0.5) is 0 Å². The third-order valence-electron chi connectivity index (χ3n) is 5.13. The number of hydrogen-bond donors (Lipinski definition) is 0. The molecule has 2 heterocycles. The maximum Gasteiger partial charge on any atom is 0.218 e. The van der Waals surface area contributed by atoms with Crippen molar-refractivity contribution in [2.45, 2.75) is 12.5 Å². The minimum Gasteiger partial charge on any atom is -0.469 e. The molecule has 1 aromatic heterocycles. The van der Waals surface area contributed by atoms with Gasteiger partial charge in [0.2, 0.25) is 5.88 Å². The van der Waals surface area contributed by atoms with Crippen molar-refractivity contribution in [3.8, 4) is 28.3 Å². The van der Waals surface area contributed by atoms with E-state index in [4.69, 9.17) is 9.72 Å². The van der Waals surface area contributed by atoms with E-state index in [2.05, 4.69) is 82.7 Å². The molecule has 4 aromatic rings. The Hall–Kier alpha value is -2.91. The van der Waals surface area contributed by atoms with Crippen molar-refractivity contribution in [2.24, 2.45) is 0 Å². The summed E-state index contributed by atoms with van der Waals surface area (Å²) in [5, 5.41) is 0. The van der Waals surface area contributed by atoms with E-state index < -0.39 is 0 Å². The summed E-state index contributed by atoms with van der Waals surface area (Å²) in [6.07, 6.45) is 0.813. The first-order valence-corrected chi connectivity index (χ1v) is 10.1. The summed E-state index contributed by atoms with van der Waals surface area (Å²) >= 11 is 3.51. The van der Waals surface area contributed by atoms with Gasteiger partial charge in [-0.05, 0) is 34.9 Å². The monoisotopic (exact) mass is 427 g/mol. The number of aromatic nitrogens is 1. The summed E-state index contributed by atoms with van der Waals surface area (Å²) in [6, 6.07) is 31.3. The molecule has 0 radical (unpaired) electrons. The van der Waals surface area contributed by atoms with Crippen molar-refractivity contribution in [3.63, 3.8) is 0 Å². The van der Waals surface area contributed by atoms with Gasteiger partial charge < -0.3 is 4.74 Å². The van der Waals surface area contributed by atoms with Gasteiger partial charge in [0.15, 0.2) is 0 Å². The molecular formula is C25H18BrNO. The van der Waals surface area contributed by atoms with Crippen LogP contribution in [0.3, 0.4) is 0 Å². The minimum atomic E-state index is -0.0101. The zero-order valence-corrected chi connectivity index (χ0v) is 16.8. The van der Waals surface area contributed by atoms with E-state index in [-0.39, 0.29) is 6.10 Å². The van der Waals surface area contributed by atoms with Gasteiger partial charge in [-0.25, -0.2) is 4.98 Å². The van der Waals surface area contributed by atoms with Crippen LogP contribution in [0.1, 0.15) is 17.2 Å². The molecule has 0 fully saturated rings. The molecule has 0 saturated heterocycles. The SMILES string of the molecule is Brc1ccc(C2Cc3c(-c4ccccc4)cc(-c4ccccc4)nc3O2)cc1. The molecule has 1 unspecified atom stereocenters. The molecule has 28 heavy (non-hydrogen) atoms. The number of halogens is 1. The summed E-state index contributed by atoms with van der Waals surface area (Å²) in [6.45, 7) is 0. The van der Waals surface area contributed by atoms with E-state index in [0.29, 0.717) is 0 Å². The molecule has 136 valence electrons. The van der Waals surface area contributed by atoms with Crippen LogP contribution in [0.25, 0.3) is 22.4 Å². The molecule has 5 rings (SSSR count). The summed E-state index contributed by atoms with van der Waals surface area (Å²) in [7, 11) is 0. The third-order valence-corrected chi connectivity index (χ3v) is 5.65. The highest BCUT2D eigenvalue weighted by molar-refractivity contribution is 9.10. The van der Waals surface area contributed by atoms with E-state index in [9.17, 15) is 0 Å². The Labute approximate surface area is 173 Å². The van der Waals surface area contributed by atoms with Gasteiger partial charge in [0, 0.05) is 22.0 Å². The lowest BCUT2D eigenvalue weighted by Crippen LogP contribution is -2.03. The fourth-order valence-electron chi connectivity index (χ4n) is 3.70. The number of nitrogens with zero attached hydrogens (tertiary/aromatic N) is 1. The van der Waals surface area contributed by atoms with Crippen LogP contribution < -0.4 is 4.74 Å². The van der Waals surface area contributed by atoms with E-state index in [0.717, 1.165) is 28.0 Å².